The minimum atomic E-state index is -0.471. The van der Waals surface area contributed by atoms with Crippen LogP contribution in [0.4, 0.5) is 10.5 Å². The van der Waals surface area contributed by atoms with E-state index in [0.29, 0.717) is 29.3 Å². The summed E-state index contributed by atoms with van der Waals surface area (Å²) in [5, 5.41) is 2.98. The average molecular weight is 498 g/mol. The number of fused-ring (bicyclic) bond motifs is 3. The molecule has 8 heteroatoms. The molecule has 1 aliphatic rings. The molecule has 2 heterocycles. The number of urea groups is 1. The van der Waals surface area contributed by atoms with Crippen molar-refractivity contribution in [3.05, 3.63) is 107 Å². The number of carbonyl (C=O) groups is 2. The Kier molecular flexibility index (Phi) is 6.55. The van der Waals surface area contributed by atoms with Crippen LogP contribution in [0, 0.1) is 0 Å². The highest BCUT2D eigenvalue weighted by Gasteiger charge is 2.33. The lowest BCUT2D eigenvalue weighted by Gasteiger charge is -2.31. The number of anilines is 1. The van der Waals surface area contributed by atoms with Gasteiger partial charge in [0.25, 0.3) is 0 Å². The first kappa shape index (κ1) is 24.0. The Morgan fingerprint density at radius 1 is 0.865 bits per heavy atom. The Hall–Kier alpha value is -4.72. The van der Waals surface area contributed by atoms with Crippen LogP contribution < -0.4 is 14.8 Å². The van der Waals surface area contributed by atoms with Crippen LogP contribution in [-0.2, 0) is 11.3 Å². The minimum absolute atomic E-state index is 0.314. The second-order valence-corrected chi connectivity index (χ2v) is 8.58. The number of carbonyl (C=O) groups excluding carboxylic acids is 2. The summed E-state index contributed by atoms with van der Waals surface area (Å²) < 4.78 is 18.0. The first-order chi connectivity index (χ1) is 18.0. The number of para-hydroxylation sites is 1. The molecule has 5 rings (SSSR count). The van der Waals surface area contributed by atoms with Gasteiger partial charge in [-0.15, -0.1) is 0 Å². The summed E-state index contributed by atoms with van der Waals surface area (Å²) in [5.41, 5.74) is 4.65. The quantitative estimate of drug-likeness (QED) is 0.373. The molecule has 0 saturated carbocycles. The van der Waals surface area contributed by atoms with Crippen molar-refractivity contribution >= 4 is 17.7 Å². The average Bonchev–Trinajstić information content (AvgIpc) is 3.36. The maximum atomic E-state index is 13.9. The summed E-state index contributed by atoms with van der Waals surface area (Å²) in [4.78, 5) is 27.7. The molecule has 0 unspecified atom stereocenters. The SMILES string of the molecule is COC(=O)c1cccc(NC(=O)N2Cc3ccccc3-n3cccc3[C@@H]2c2ccc(OC)c(OC)c2)c1. The number of benzene rings is 3. The Labute approximate surface area is 215 Å². The zero-order valence-corrected chi connectivity index (χ0v) is 20.8. The van der Waals surface area contributed by atoms with Gasteiger partial charge >= 0.3 is 12.0 Å². The third-order valence-corrected chi connectivity index (χ3v) is 6.48. The van der Waals surface area contributed by atoms with E-state index < -0.39 is 12.0 Å². The van der Waals surface area contributed by atoms with E-state index in [-0.39, 0.29) is 6.03 Å². The van der Waals surface area contributed by atoms with E-state index in [1.807, 2.05) is 60.8 Å². The van der Waals surface area contributed by atoms with E-state index in [4.69, 9.17) is 14.2 Å². The number of aromatic nitrogens is 1. The summed E-state index contributed by atoms with van der Waals surface area (Å²) in [5.74, 6) is 0.709. The molecule has 188 valence electrons. The summed E-state index contributed by atoms with van der Waals surface area (Å²) in [6, 6.07) is 23.6. The molecule has 37 heavy (non-hydrogen) atoms. The molecule has 1 aliphatic heterocycles. The van der Waals surface area contributed by atoms with Crippen molar-refractivity contribution < 1.29 is 23.8 Å². The van der Waals surface area contributed by atoms with E-state index in [1.54, 1.807) is 43.4 Å². The molecule has 8 nitrogen and oxygen atoms in total. The Balaban J connectivity index is 1.61. The first-order valence-corrected chi connectivity index (χ1v) is 11.8. The van der Waals surface area contributed by atoms with E-state index in [2.05, 4.69) is 9.88 Å². The number of amides is 2. The Morgan fingerprint density at radius 2 is 1.68 bits per heavy atom. The third kappa shape index (κ3) is 4.49. The molecular formula is C29H27N3O5. The number of ether oxygens (including phenoxy) is 3. The molecule has 0 aliphatic carbocycles. The molecule has 4 aromatic rings. The summed E-state index contributed by atoms with van der Waals surface area (Å²) in [6.45, 7) is 0.361. The van der Waals surface area contributed by atoms with E-state index in [0.717, 1.165) is 22.5 Å². The number of esters is 1. The number of nitrogens with one attached hydrogen (secondary N) is 1. The van der Waals surface area contributed by atoms with Crippen LogP contribution in [0.15, 0.2) is 85.1 Å². The van der Waals surface area contributed by atoms with Crippen molar-refractivity contribution in [3.8, 4) is 17.2 Å². The summed E-state index contributed by atoms with van der Waals surface area (Å²) in [7, 11) is 4.50. The molecule has 1 aromatic heterocycles. The first-order valence-electron chi connectivity index (χ1n) is 11.8. The maximum Gasteiger partial charge on any atom is 0.337 e. The zero-order chi connectivity index (χ0) is 25.9. The number of rotatable bonds is 5. The molecule has 0 saturated heterocycles. The molecule has 1 N–H and O–H groups in total. The molecule has 3 aromatic carbocycles. The fourth-order valence-corrected chi connectivity index (χ4v) is 4.75. The van der Waals surface area contributed by atoms with E-state index in [9.17, 15) is 9.59 Å². The van der Waals surface area contributed by atoms with Crippen LogP contribution in [0.1, 0.15) is 33.2 Å². The second kappa shape index (κ2) is 10.1. The van der Waals surface area contributed by atoms with Crippen LogP contribution >= 0.6 is 0 Å². The lowest BCUT2D eigenvalue weighted by molar-refractivity contribution is 0.0600. The smallest absolute Gasteiger partial charge is 0.337 e. The fraction of sp³-hybridized carbons (Fsp3) is 0.172. The van der Waals surface area contributed by atoms with Crippen molar-refractivity contribution in [2.75, 3.05) is 26.6 Å². The standard InChI is InChI=1S/C29H27N3O5/c1-35-25-14-13-19(17-26(25)36-2)27-24-12-7-15-31(24)23-11-5-4-8-21(23)18-32(27)29(34)30-22-10-6-9-20(16-22)28(33)37-3/h4-17,27H,18H2,1-3H3,(H,30,34)/t27-/m0/s1. The van der Waals surface area contributed by atoms with Gasteiger partial charge in [-0.1, -0.05) is 30.3 Å². The maximum absolute atomic E-state index is 13.9. The number of methoxy groups -OCH3 is 3. The van der Waals surface area contributed by atoms with Gasteiger partial charge in [-0.2, -0.15) is 0 Å². The van der Waals surface area contributed by atoms with Gasteiger partial charge in [0.05, 0.1) is 45.2 Å². The second-order valence-electron chi connectivity index (χ2n) is 8.58. The minimum Gasteiger partial charge on any atom is -0.493 e. The van der Waals surface area contributed by atoms with Gasteiger partial charge in [-0.3, -0.25) is 0 Å². The largest absolute Gasteiger partial charge is 0.493 e. The highest BCUT2D eigenvalue weighted by atomic mass is 16.5. The predicted octanol–water partition coefficient (Wildman–Crippen LogP) is 5.42. The van der Waals surface area contributed by atoms with Gasteiger partial charge in [0.2, 0.25) is 0 Å². The lowest BCUT2D eigenvalue weighted by atomic mass is 10.0. The third-order valence-electron chi connectivity index (χ3n) is 6.48. The highest BCUT2D eigenvalue weighted by molar-refractivity contribution is 5.94. The Morgan fingerprint density at radius 3 is 2.46 bits per heavy atom. The number of nitrogens with zero attached hydrogens (tertiary/aromatic N) is 2. The molecule has 2 amide bonds. The molecule has 1 atom stereocenters. The topological polar surface area (TPSA) is 82.0 Å². The van der Waals surface area contributed by atoms with Gasteiger partial charge in [0.1, 0.15) is 0 Å². The van der Waals surface area contributed by atoms with E-state index in [1.165, 1.54) is 7.11 Å². The van der Waals surface area contributed by atoms with Crippen LogP contribution in [0.5, 0.6) is 11.5 Å². The van der Waals surface area contributed by atoms with Crippen molar-refractivity contribution in [1.82, 2.24) is 9.47 Å². The summed E-state index contributed by atoms with van der Waals surface area (Å²) >= 11 is 0. The van der Waals surface area contributed by atoms with Crippen LogP contribution in [-0.4, -0.2) is 42.8 Å². The summed E-state index contributed by atoms with van der Waals surface area (Å²) in [6.07, 6.45) is 2.00. The molecule has 0 bridgehead atoms. The van der Waals surface area contributed by atoms with Gasteiger partial charge in [-0.25, -0.2) is 9.59 Å². The Bertz CT molecular complexity index is 1460. The number of hydrogen-bond donors (Lipinski definition) is 1. The van der Waals surface area contributed by atoms with Crippen LogP contribution in [0.3, 0.4) is 0 Å². The van der Waals surface area contributed by atoms with Crippen molar-refractivity contribution in [2.24, 2.45) is 0 Å². The van der Waals surface area contributed by atoms with Crippen molar-refractivity contribution in [1.29, 1.82) is 0 Å². The predicted molar refractivity (Wildman–Crippen MR) is 140 cm³/mol. The van der Waals surface area contributed by atoms with Crippen LogP contribution in [0.25, 0.3) is 5.69 Å². The highest BCUT2D eigenvalue weighted by Crippen LogP contribution is 2.39. The van der Waals surface area contributed by atoms with Crippen molar-refractivity contribution in [2.45, 2.75) is 12.6 Å². The van der Waals surface area contributed by atoms with Gasteiger partial charge < -0.3 is 29.0 Å². The molecule has 0 fully saturated rings. The fourth-order valence-electron chi connectivity index (χ4n) is 4.75. The number of hydrogen-bond acceptors (Lipinski definition) is 5. The monoisotopic (exact) mass is 497 g/mol. The van der Waals surface area contributed by atoms with Gasteiger partial charge in [0.15, 0.2) is 11.5 Å². The molecular weight excluding hydrogens is 470 g/mol. The van der Waals surface area contributed by atoms with Gasteiger partial charge in [0, 0.05) is 17.6 Å². The van der Waals surface area contributed by atoms with Gasteiger partial charge in [-0.05, 0) is 59.7 Å². The lowest BCUT2D eigenvalue weighted by Crippen LogP contribution is -2.38. The molecule has 0 radical (unpaired) electrons. The molecule has 0 spiro atoms. The normalized spacial score (nSPS) is 14.1. The zero-order valence-electron chi connectivity index (χ0n) is 20.8. The van der Waals surface area contributed by atoms with Crippen LogP contribution in [0.2, 0.25) is 0 Å². The van der Waals surface area contributed by atoms with E-state index >= 15 is 0 Å². The van der Waals surface area contributed by atoms with Crippen molar-refractivity contribution in [3.63, 3.8) is 0 Å².